The molecule has 1 N–H and O–H groups in total. The van der Waals surface area contributed by atoms with Gasteiger partial charge < -0.3 is 10.1 Å². The summed E-state index contributed by atoms with van der Waals surface area (Å²) in [4.78, 5) is 12.5. The van der Waals surface area contributed by atoms with Crippen molar-refractivity contribution < 1.29 is 13.9 Å². The van der Waals surface area contributed by atoms with E-state index >= 15 is 0 Å². The first-order chi connectivity index (χ1) is 13.4. The first kappa shape index (κ1) is 19.7. The molecule has 0 aliphatic carbocycles. The predicted molar refractivity (Wildman–Crippen MR) is 104 cm³/mol. The van der Waals surface area contributed by atoms with Gasteiger partial charge in [-0.2, -0.15) is 0 Å². The average molecular weight is 382 g/mol. The van der Waals surface area contributed by atoms with Crippen LogP contribution in [0.5, 0.6) is 0 Å². The van der Waals surface area contributed by atoms with Crippen molar-refractivity contribution in [3.05, 3.63) is 76.9 Å². The largest absolute Gasteiger partial charge is 0.374 e. The molecule has 0 saturated carbocycles. The van der Waals surface area contributed by atoms with Gasteiger partial charge >= 0.3 is 0 Å². The van der Waals surface area contributed by atoms with Crippen LogP contribution in [-0.4, -0.2) is 27.0 Å². The summed E-state index contributed by atoms with van der Waals surface area (Å²) in [6.45, 7) is 6.64. The van der Waals surface area contributed by atoms with E-state index in [1.165, 1.54) is 16.8 Å². The number of nitrogens with one attached hydrogen (secondary N) is 1. The van der Waals surface area contributed by atoms with E-state index in [4.69, 9.17) is 4.74 Å². The molecule has 1 heterocycles. The third-order valence-corrected chi connectivity index (χ3v) is 4.21. The van der Waals surface area contributed by atoms with Crippen molar-refractivity contribution in [2.24, 2.45) is 0 Å². The smallest absolute Gasteiger partial charge is 0.274 e. The van der Waals surface area contributed by atoms with Crippen LogP contribution in [0.3, 0.4) is 0 Å². The maximum Gasteiger partial charge on any atom is 0.274 e. The number of rotatable bonds is 7. The van der Waals surface area contributed by atoms with Crippen LogP contribution in [0.2, 0.25) is 0 Å². The highest BCUT2D eigenvalue weighted by atomic mass is 19.1. The van der Waals surface area contributed by atoms with Gasteiger partial charge in [0.2, 0.25) is 0 Å². The predicted octanol–water partition coefficient (Wildman–Crippen LogP) is 3.57. The molecule has 7 heteroatoms. The number of carbonyl (C=O) groups excluding carboxylic acids is 1. The standard InChI is InChI=1S/C21H23FN4O2/c1-14(2)28-13-17-6-4-5-16(11-17)12-23-21(27)20-15(3)26(25-24-20)19-9-7-18(22)8-10-19/h4-11,14H,12-13H2,1-3H3,(H,23,27). The lowest BCUT2D eigenvalue weighted by molar-refractivity contribution is 0.0657. The molecule has 0 radical (unpaired) electrons. The summed E-state index contributed by atoms with van der Waals surface area (Å²) in [7, 11) is 0. The summed E-state index contributed by atoms with van der Waals surface area (Å²) >= 11 is 0. The van der Waals surface area contributed by atoms with Crippen LogP contribution in [0.4, 0.5) is 4.39 Å². The third kappa shape index (κ3) is 4.80. The first-order valence-electron chi connectivity index (χ1n) is 9.10. The fraction of sp³-hybridized carbons (Fsp3) is 0.286. The van der Waals surface area contributed by atoms with Gasteiger partial charge in [0.05, 0.1) is 24.1 Å². The Labute approximate surface area is 163 Å². The Morgan fingerprint density at radius 3 is 2.61 bits per heavy atom. The molecular weight excluding hydrogens is 359 g/mol. The number of aromatic nitrogens is 3. The highest BCUT2D eigenvalue weighted by Gasteiger charge is 2.17. The summed E-state index contributed by atoms with van der Waals surface area (Å²) in [6, 6.07) is 13.7. The molecule has 6 nitrogen and oxygen atoms in total. The second-order valence-corrected chi connectivity index (χ2v) is 6.77. The Morgan fingerprint density at radius 1 is 1.18 bits per heavy atom. The van der Waals surface area contributed by atoms with Crippen LogP contribution in [0.25, 0.3) is 5.69 Å². The molecule has 0 aliphatic heterocycles. The first-order valence-corrected chi connectivity index (χ1v) is 9.10. The van der Waals surface area contributed by atoms with Crippen molar-refractivity contribution in [3.8, 4) is 5.69 Å². The average Bonchev–Trinajstić information content (AvgIpc) is 3.07. The molecule has 0 spiro atoms. The van der Waals surface area contributed by atoms with Gasteiger partial charge in [-0.15, -0.1) is 5.10 Å². The molecule has 0 bridgehead atoms. The molecule has 0 atom stereocenters. The number of hydrogen-bond acceptors (Lipinski definition) is 4. The van der Waals surface area contributed by atoms with Crippen LogP contribution in [0.15, 0.2) is 48.5 Å². The molecule has 0 unspecified atom stereocenters. The van der Waals surface area contributed by atoms with E-state index in [0.29, 0.717) is 24.5 Å². The van der Waals surface area contributed by atoms with E-state index in [-0.39, 0.29) is 23.5 Å². The summed E-state index contributed by atoms with van der Waals surface area (Å²) in [5.41, 5.74) is 3.50. The molecule has 146 valence electrons. The van der Waals surface area contributed by atoms with Crippen LogP contribution in [-0.2, 0) is 17.9 Å². The Kier molecular flexibility index (Phi) is 6.16. The summed E-state index contributed by atoms with van der Waals surface area (Å²) in [5.74, 6) is -0.643. The van der Waals surface area contributed by atoms with Crippen molar-refractivity contribution >= 4 is 5.91 Å². The van der Waals surface area contributed by atoms with Gasteiger partial charge in [-0.05, 0) is 56.2 Å². The van der Waals surface area contributed by atoms with E-state index < -0.39 is 0 Å². The minimum atomic E-state index is -0.333. The van der Waals surface area contributed by atoms with E-state index in [1.807, 2.05) is 38.1 Å². The molecule has 0 aliphatic rings. The Morgan fingerprint density at radius 2 is 1.89 bits per heavy atom. The molecule has 0 fully saturated rings. The molecular formula is C21H23FN4O2. The number of carbonyl (C=O) groups is 1. The summed E-state index contributed by atoms with van der Waals surface area (Å²) in [5, 5.41) is 10.9. The highest BCUT2D eigenvalue weighted by Crippen LogP contribution is 2.13. The van der Waals surface area contributed by atoms with E-state index in [2.05, 4.69) is 15.6 Å². The van der Waals surface area contributed by atoms with Gasteiger partial charge in [-0.1, -0.05) is 29.5 Å². The molecule has 3 rings (SSSR count). The zero-order valence-electron chi connectivity index (χ0n) is 16.1. The number of benzene rings is 2. The van der Waals surface area contributed by atoms with Crippen molar-refractivity contribution in [2.45, 2.75) is 40.0 Å². The lowest BCUT2D eigenvalue weighted by Crippen LogP contribution is -2.24. The number of amides is 1. The zero-order valence-corrected chi connectivity index (χ0v) is 16.1. The van der Waals surface area contributed by atoms with Crippen LogP contribution in [0.1, 0.15) is 41.2 Å². The molecule has 28 heavy (non-hydrogen) atoms. The lowest BCUT2D eigenvalue weighted by Gasteiger charge is -2.09. The van der Waals surface area contributed by atoms with Crippen molar-refractivity contribution in [3.63, 3.8) is 0 Å². The van der Waals surface area contributed by atoms with E-state index in [9.17, 15) is 9.18 Å². The monoisotopic (exact) mass is 382 g/mol. The summed E-state index contributed by atoms with van der Waals surface area (Å²) < 4.78 is 20.2. The Balaban J connectivity index is 1.66. The number of nitrogens with zero attached hydrogens (tertiary/aromatic N) is 3. The van der Waals surface area contributed by atoms with Crippen LogP contribution in [0, 0.1) is 12.7 Å². The van der Waals surface area contributed by atoms with E-state index in [0.717, 1.165) is 11.1 Å². The van der Waals surface area contributed by atoms with Gasteiger partial charge in [0, 0.05) is 6.54 Å². The van der Waals surface area contributed by atoms with Crippen molar-refractivity contribution in [1.29, 1.82) is 0 Å². The van der Waals surface area contributed by atoms with Gasteiger partial charge in [-0.3, -0.25) is 4.79 Å². The third-order valence-electron chi connectivity index (χ3n) is 4.21. The van der Waals surface area contributed by atoms with Gasteiger partial charge in [0.25, 0.3) is 5.91 Å². The molecule has 2 aromatic carbocycles. The number of ether oxygens (including phenoxy) is 1. The Bertz CT molecular complexity index is 951. The van der Waals surface area contributed by atoms with Gasteiger partial charge in [-0.25, -0.2) is 9.07 Å². The van der Waals surface area contributed by atoms with Gasteiger partial charge in [0.1, 0.15) is 5.82 Å². The maximum atomic E-state index is 13.1. The van der Waals surface area contributed by atoms with Crippen LogP contribution >= 0.6 is 0 Å². The molecule has 1 aromatic heterocycles. The summed E-state index contributed by atoms with van der Waals surface area (Å²) in [6.07, 6.45) is 0.162. The fourth-order valence-corrected chi connectivity index (χ4v) is 2.72. The molecule has 1 amide bonds. The van der Waals surface area contributed by atoms with Crippen molar-refractivity contribution in [1.82, 2.24) is 20.3 Å². The molecule has 3 aromatic rings. The number of halogens is 1. The second kappa shape index (κ2) is 8.75. The minimum Gasteiger partial charge on any atom is -0.374 e. The second-order valence-electron chi connectivity index (χ2n) is 6.77. The minimum absolute atomic E-state index is 0.162. The topological polar surface area (TPSA) is 69.0 Å². The van der Waals surface area contributed by atoms with Crippen LogP contribution < -0.4 is 5.32 Å². The SMILES string of the molecule is Cc1c(C(=O)NCc2cccc(COC(C)C)c2)nnn1-c1ccc(F)cc1. The quantitative estimate of drug-likeness (QED) is 0.678. The van der Waals surface area contributed by atoms with Gasteiger partial charge in [0.15, 0.2) is 5.69 Å². The zero-order chi connectivity index (χ0) is 20.1. The maximum absolute atomic E-state index is 13.1. The van der Waals surface area contributed by atoms with Crippen molar-refractivity contribution in [2.75, 3.05) is 0 Å². The molecule has 0 saturated heterocycles. The normalized spacial score (nSPS) is 11.0. The number of hydrogen-bond donors (Lipinski definition) is 1. The Hall–Kier alpha value is -3.06. The van der Waals surface area contributed by atoms with E-state index in [1.54, 1.807) is 19.1 Å². The fourth-order valence-electron chi connectivity index (χ4n) is 2.72. The lowest BCUT2D eigenvalue weighted by atomic mass is 10.1. The highest BCUT2D eigenvalue weighted by molar-refractivity contribution is 5.93.